The monoisotopic (exact) mass is 302 g/mol. The molecule has 0 aromatic heterocycles. The fraction of sp³-hybridized carbons (Fsp3) is 0.462. The highest BCUT2D eigenvalue weighted by Gasteiger charge is 2.32. The molecule has 1 heterocycles. The van der Waals surface area contributed by atoms with Gasteiger partial charge < -0.3 is 16.4 Å². The lowest BCUT2D eigenvalue weighted by molar-refractivity contribution is -0.146. The van der Waals surface area contributed by atoms with Gasteiger partial charge in [-0.2, -0.15) is 13.2 Å². The lowest BCUT2D eigenvalue weighted by Gasteiger charge is -2.37. The summed E-state index contributed by atoms with van der Waals surface area (Å²) in [5.74, 6) is -0.602. The van der Waals surface area contributed by atoms with Crippen LogP contribution >= 0.6 is 0 Å². The van der Waals surface area contributed by atoms with Crippen LogP contribution in [-0.4, -0.2) is 49.7 Å². The number of benzene rings is 1. The van der Waals surface area contributed by atoms with Crippen molar-refractivity contribution < 1.29 is 18.0 Å². The minimum absolute atomic E-state index is 0.256. The van der Waals surface area contributed by atoms with Gasteiger partial charge in [-0.3, -0.25) is 9.69 Å². The van der Waals surface area contributed by atoms with Crippen LogP contribution < -0.4 is 16.4 Å². The van der Waals surface area contributed by atoms with Crippen molar-refractivity contribution in [2.45, 2.75) is 6.18 Å². The number of para-hydroxylation sites is 1. The van der Waals surface area contributed by atoms with Crippen LogP contribution in [0.15, 0.2) is 18.2 Å². The number of piperazine rings is 1. The van der Waals surface area contributed by atoms with Crippen LogP contribution in [0.1, 0.15) is 10.4 Å². The van der Waals surface area contributed by atoms with E-state index in [1.807, 2.05) is 4.90 Å². The predicted octanol–water partition coefficient (Wildman–Crippen LogP) is 1.05. The van der Waals surface area contributed by atoms with Crippen molar-refractivity contribution >= 4 is 17.3 Å². The summed E-state index contributed by atoms with van der Waals surface area (Å²) in [6.07, 6.45) is -4.20. The average molecular weight is 302 g/mol. The van der Waals surface area contributed by atoms with Crippen molar-refractivity contribution in [1.82, 2.24) is 4.90 Å². The summed E-state index contributed by atoms with van der Waals surface area (Å²) in [5, 5.41) is 0. The van der Waals surface area contributed by atoms with Crippen molar-refractivity contribution in [3.63, 3.8) is 0 Å². The standard InChI is InChI=1S/C13H17F3N4O/c14-13(15,16)8-19-4-6-20(7-5-19)11-9(12(18)21)2-1-3-10(11)17/h1-3H,4-8,17H2,(H2,18,21). The fourth-order valence-electron chi connectivity index (χ4n) is 2.50. The molecule has 1 aliphatic heterocycles. The second kappa shape index (κ2) is 5.80. The van der Waals surface area contributed by atoms with Gasteiger partial charge >= 0.3 is 6.18 Å². The summed E-state index contributed by atoms with van der Waals surface area (Å²) < 4.78 is 37.1. The Bertz CT molecular complexity index is 525. The van der Waals surface area contributed by atoms with Crippen LogP contribution in [0.2, 0.25) is 0 Å². The van der Waals surface area contributed by atoms with Gasteiger partial charge in [-0.15, -0.1) is 0 Å². The van der Waals surface area contributed by atoms with E-state index in [1.165, 1.54) is 4.90 Å². The normalized spacial score (nSPS) is 17.0. The summed E-state index contributed by atoms with van der Waals surface area (Å²) in [6, 6.07) is 4.83. The number of halogens is 3. The summed E-state index contributed by atoms with van der Waals surface area (Å²) >= 11 is 0. The van der Waals surface area contributed by atoms with E-state index in [0.717, 1.165) is 0 Å². The molecule has 0 spiro atoms. The molecule has 0 radical (unpaired) electrons. The molecule has 1 amide bonds. The largest absolute Gasteiger partial charge is 0.401 e. The maximum absolute atomic E-state index is 12.4. The lowest BCUT2D eigenvalue weighted by Crippen LogP contribution is -2.49. The first-order valence-corrected chi connectivity index (χ1v) is 6.50. The molecule has 1 fully saturated rings. The molecule has 21 heavy (non-hydrogen) atoms. The quantitative estimate of drug-likeness (QED) is 0.819. The zero-order valence-electron chi connectivity index (χ0n) is 11.4. The van der Waals surface area contributed by atoms with Crippen LogP contribution in [0.5, 0.6) is 0 Å². The molecule has 8 heteroatoms. The first-order chi connectivity index (χ1) is 9.78. The van der Waals surface area contributed by atoms with Gasteiger partial charge in [-0.05, 0) is 12.1 Å². The summed E-state index contributed by atoms with van der Waals surface area (Å²) in [5.41, 5.74) is 12.4. The molecule has 1 aromatic carbocycles. The van der Waals surface area contributed by atoms with Gasteiger partial charge in [-0.25, -0.2) is 0 Å². The zero-order chi connectivity index (χ0) is 15.6. The molecule has 1 aliphatic rings. The number of alkyl halides is 3. The minimum atomic E-state index is -4.20. The van der Waals surface area contributed by atoms with Crippen LogP contribution in [0.3, 0.4) is 0 Å². The molecule has 4 N–H and O–H groups in total. The molecular weight excluding hydrogens is 285 g/mol. The van der Waals surface area contributed by atoms with Gasteiger partial charge in [0.25, 0.3) is 5.91 Å². The Hall–Kier alpha value is -1.96. The van der Waals surface area contributed by atoms with Crippen molar-refractivity contribution in [2.24, 2.45) is 5.73 Å². The molecular formula is C13H17F3N4O. The van der Waals surface area contributed by atoms with E-state index in [0.29, 0.717) is 30.0 Å². The predicted molar refractivity (Wildman–Crippen MR) is 74.1 cm³/mol. The summed E-state index contributed by atoms with van der Waals surface area (Å²) in [7, 11) is 0. The third-order valence-electron chi connectivity index (χ3n) is 3.42. The number of nitrogens with zero attached hydrogens (tertiary/aromatic N) is 2. The molecule has 1 saturated heterocycles. The Kier molecular flexibility index (Phi) is 4.26. The number of nitrogen functional groups attached to an aromatic ring is 1. The first kappa shape index (κ1) is 15.4. The van der Waals surface area contributed by atoms with Crippen LogP contribution in [0.25, 0.3) is 0 Å². The van der Waals surface area contributed by atoms with E-state index in [4.69, 9.17) is 11.5 Å². The zero-order valence-corrected chi connectivity index (χ0v) is 11.4. The number of rotatable bonds is 3. The van der Waals surface area contributed by atoms with Gasteiger partial charge in [0.1, 0.15) is 0 Å². The van der Waals surface area contributed by atoms with Gasteiger partial charge in [0.05, 0.1) is 23.5 Å². The van der Waals surface area contributed by atoms with E-state index in [9.17, 15) is 18.0 Å². The lowest BCUT2D eigenvalue weighted by atomic mass is 10.1. The minimum Gasteiger partial charge on any atom is -0.397 e. The van der Waals surface area contributed by atoms with Crippen molar-refractivity contribution in [2.75, 3.05) is 43.4 Å². The molecule has 1 aromatic rings. The number of hydrogen-bond donors (Lipinski definition) is 2. The first-order valence-electron chi connectivity index (χ1n) is 6.50. The number of primary amides is 1. The molecule has 2 rings (SSSR count). The summed E-state index contributed by atoms with van der Waals surface area (Å²) in [4.78, 5) is 14.6. The van der Waals surface area contributed by atoms with Gasteiger partial charge in [-0.1, -0.05) is 6.07 Å². The molecule has 116 valence electrons. The Labute approximate surface area is 120 Å². The van der Waals surface area contributed by atoms with Crippen molar-refractivity contribution in [3.05, 3.63) is 23.8 Å². The smallest absolute Gasteiger partial charge is 0.397 e. The third kappa shape index (κ3) is 3.78. The Balaban J connectivity index is 2.11. The maximum Gasteiger partial charge on any atom is 0.401 e. The number of carbonyl (C=O) groups is 1. The average Bonchev–Trinajstić information content (AvgIpc) is 2.37. The van der Waals surface area contributed by atoms with Gasteiger partial charge in [0.2, 0.25) is 0 Å². The molecule has 5 nitrogen and oxygen atoms in total. The molecule has 0 unspecified atom stereocenters. The van der Waals surface area contributed by atoms with E-state index in [1.54, 1.807) is 18.2 Å². The Morgan fingerprint density at radius 2 is 1.81 bits per heavy atom. The third-order valence-corrected chi connectivity index (χ3v) is 3.42. The summed E-state index contributed by atoms with van der Waals surface area (Å²) in [6.45, 7) is 0.320. The number of nitrogens with two attached hydrogens (primary N) is 2. The van der Waals surface area contributed by atoms with Crippen molar-refractivity contribution in [1.29, 1.82) is 0 Å². The topological polar surface area (TPSA) is 75.6 Å². The van der Waals surface area contributed by atoms with Gasteiger partial charge in [0.15, 0.2) is 0 Å². The Morgan fingerprint density at radius 3 is 2.33 bits per heavy atom. The van der Waals surface area contributed by atoms with E-state index in [2.05, 4.69) is 0 Å². The van der Waals surface area contributed by atoms with Crippen LogP contribution in [0, 0.1) is 0 Å². The number of hydrogen-bond acceptors (Lipinski definition) is 4. The number of anilines is 2. The van der Waals surface area contributed by atoms with E-state index < -0.39 is 18.6 Å². The number of amides is 1. The van der Waals surface area contributed by atoms with Crippen molar-refractivity contribution in [3.8, 4) is 0 Å². The van der Waals surface area contributed by atoms with Crippen LogP contribution in [0.4, 0.5) is 24.5 Å². The van der Waals surface area contributed by atoms with E-state index >= 15 is 0 Å². The van der Waals surface area contributed by atoms with Crippen LogP contribution in [-0.2, 0) is 0 Å². The Morgan fingerprint density at radius 1 is 1.19 bits per heavy atom. The molecule has 0 atom stereocenters. The molecule has 0 bridgehead atoms. The highest BCUT2D eigenvalue weighted by molar-refractivity contribution is 6.01. The van der Waals surface area contributed by atoms with Gasteiger partial charge in [0, 0.05) is 26.2 Å². The fourth-order valence-corrected chi connectivity index (χ4v) is 2.50. The second-order valence-corrected chi connectivity index (χ2v) is 4.99. The molecule has 0 saturated carbocycles. The maximum atomic E-state index is 12.4. The number of carbonyl (C=O) groups excluding carboxylic acids is 1. The molecule has 0 aliphatic carbocycles. The SMILES string of the molecule is NC(=O)c1cccc(N)c1N1CCN(CC(F)(F)F)CC1. The highest BCUT2D eigenvalue weighted by atomic mass is 19.4. The highest BCUT2D eigenvalue weighted by Crippen LogP contribution is 2.29. The van der Waals surface area contributed by atoms with E-state index in [-0.39, 0.29) is 13.1 Å². The second-order valence-electron chi connectivity index (χ2n) is 4.99.